The molecule has 1 aliphatic carbocycles. The Balaban J connectivity index is 1.48. The zero-order valence-electron chi connectivity index (χ0n) is 13.6. The van der Waals surface area contributed by atoms with Gasteiger partial charge in [-0.2, -0.15) is 10.2 Å². The number of H-pyrrole nitrogens is 1. The Hall–Kier alpha value is -1.73. The maximum Gasteiger partial charge on any atom is 0.141 e. The summed E-state index contributed by atoms with van der Waals surface area (Å²) in [6.45, 7) is 1.73. The number of aromatic amines is 1. The van der Waals surface area contributed by atoms with Crippen LogP contribution in [-0.4, -0.2) is 49.6 Å². The second kappa shape index (κ2) is 6.41. The van der Waals surface area contributed by atoms with Gasteiger partial charge in [-0.05, 0) is 25.3 Å². The Labute approximate surface area is 136 Å². The van der Waals surface area contributed by atoms with Crippen molar-refractivity contribution in [3.63, 3.8) is 0 Å². The van der Waals surface area contributed by atoms with Crippen LogP contribution in [0.15, 0.2) is 18.6 Å². The molecule has 7 nitrogen and oxygen atoms in total. The largest absolute Gasteiger partial charge is 0.380 e. The fourth-order valence-corrected chi connectivity index (χ4v) is 3.91. The van der Waals surface area contributed by atoms with Gasteiger partial charge < -0.3 is 4.74 Å². The Morgan fingerprint density at radius 1 is 1.35 bits per heavy atom. The van der Waals surface area contributed by atoms with E-state index in [2.05, 4.69) is 37.0 Å². The lowest BCUT2D eigenvalue weighted by atomic mass is 10.2. The number of rotatable bonds is 5. The standard InChI is InChI=1S/C16H24N6O/c1-23-14-8-15(16-17-11-18-19-16)21(10-14)9-12-6-7-22(20-12)13-4-2-3-5-13/h6-7,11,13-15H,2-5,8-10H2,1H3,(H,17,18,19)/t14-,15+/m1/s1. The number of methoxy groups -OCH3 is 1. The summed E-state index contributed by atoms with van der Waals surface area (Å²) in [5.41, 5.74) is 1.12. The van der Waals surface area contributed by atoms with Crippen molar-refractivity contribution in [3.05, 3.63) is 30.1 Å². The lowest BCUT2D eigenvalue weighted by Crippen LogP contribution is -2.25. The second-order valence-corrected chi connectivity index (χ2v) is 6.63. The first-order chi connectivity index (χ1) is 11.3. The fraction of sp³-hybridized carbons (Fsp3) is 0.688. The molecule has 0 unspecified atom stereocenters. The third-order valence-electron chi connectivity index (χ3n) is 5.18. The quantitative estimate of drug-likeness (QED) is 0.914. The van der Waals surface area contributed by atoms with Crippen LogP contribution in [0.1, 0.15) is 55.7 Å². The van der Waals surface area contributed by atoms with E-state index in [1.165, 1.54) is 25.7 Å². The molecular formula is C16H24N6O. The van der Waals surface area contributed by atoms with Crippen molar-refractivity contribution >= 4 is 0 Å². The zero-order chi connectivity index (χ0) is 15.6. The SMILES string of the molecule is CO[C@@H]1C[C@@H](c2ncn[nH]2)N(Cc2ccn(C3CCCC3)n2)C1. The van der Waals surface area contributed by atoms with E-state index in [1.807, 2.05) is 0 Å². The molecule has 2 aromatic heterocycles. The van der Waals surface area contributed by atoms with Crippen LogP contribution < -0.4 is 0 Å². The van der Waals surface area contributed by atoms with Crippen molar-refractivity contribution in [1.29, 1.82) is 0 Å². The smallest absolute Gasteiger partial charge is 0.141 e. The average Bonchev–Trinajstić information content (AvgIpc) is 3.34. The van der Waals surface area contributed by atoms with Crippen LogP contribution >= 0.6 is 0 Å². The summed E-state index contributed by atoms with van der Waals surface area (Å²) in [7, 11) is 1.78. The summed E-state index contributed by atoms with van der Waals surface area (Å²) in [6, 6.07) is 2.97. The normalized spacial score (nSPS) is 26.3. The molecule has 1 aliphatic heterocycles. The van der Waals surface area contributed by atoms with Crippen molar-refractivity contribution in [2.24, 2.45) is 0 Å². The van der Waals surface area contributed by atoms with E-state index in [0.717, 1.165) is 31.0 Å². The number of hydrogen-bond acceptors (Lipinski definition) is 5. The molecule has 2 aromatic rings. The van der Waals surface area contributed by atoms with Crippen LogP contribution in [0.5, 0.6) is 0 Å². The van der Waals surface area contributed by atoms with Gasteiger partial charge in [-0.15, -0.1) is 0 Å². The second-order valence-electron chi connectivity index (χ2n) is 6.63. The van der Waals surface area contributed by atoms with E-state index >= 15 is 0 Å². The Morgan fingerprint density at radius 2 is 2.22 bits per heavy atom. The molecule has 0 spiro atoms. The van der Waals surface area contributed by atoms with Crippen LogP contribution in [0.25, 0.3) is 0 Å². The van der Waals surface area contributed by atoms with Gasteiger partial charge in [0, 0.05) is 26.4 Å². The van der Waals surface area contributed by atoms with Gasteiger partial charge in [0.05, 0.1) is 23.9 Å². The van der Waals surface area contributed by atoms with Crippen molar-refractivity contribution in [3.8, 4) is 0 Å². The molecule has 1 saturated carbocycles. The lowest BCUT2D eigenvalue weighted by molar-refractivity contribution is 0.107. The molecular weight excluding hydrogens is 292 g/mol. The highest BCUT2D eigenvalue weighted by molar-refractivity contribution is 5.05. The predicted molar refractivity (Wildman–Crippen MR) is 84.7 cm³/mol. The molecule has 0 aromatic carbocycles. The van der Waals surface area contributed by atoms with Gasteiger partial charge in [-0.1, -0.05) is 12.8 Å². The molecule has 1 saturated heterocycles. The molecule has 2 atom stereocenters. The van der Waals surface area contributed by atoms with Crippen LogP contribution in [0.4, 0.5) is 0 Å². The van der Waals surface area contributed by atoms with E-state index < -0.39 is 0 Å². The summed E-state index contributed by atoms with van der Waals surface area (Å²) in [4.78, 5) is 6.72. The minimum absolute atomic E-state index is 0.221. The van der Waals surface area contributed by atoms with Gasteiger partial charge in [0.25, 0.3) is 0 Å². The third-order valence-corrected chi connectivity index (χ3v) is 5.18. The van der Waals surface area contributed by atoms with Gasteiger partial charge >= 0.3 is 0 Å². The zero-order valence-corrected chi connectivity index (χ0v) is 13.6. The minimum atomic E-state index is 0.221. The molecule has 124 valence electrons. The summed E-state index contributed by atoms with van der Waals surface area (Å²) in [5, 5.41) is 11.8. The van der Waals surface area contributed by atoms with Crippen LogP contribution in [-0.2, 0) is 11.3 Å². The third kappa shape index (κ3) is 3.03. The monoisotopic (exact) mass is 316 g/mol. The molecule has 2 fully saturated rings. The van der Waals surface area contributed by atoms with Gasteiger partial charge in [0.1, 0.15) is 12.2 Å². The van der Waals surface area contributed by atoms with Crippen LogP contribution in [0.3, 0.4) is 0 Å². The Morgan fingerprint density at radius 3 is 2.96 bits per heavy atom. The van der Waals surface area contributed by atoms with Gasteiger partial charge in [-0.3, -0.25) is 14.7 Å². The molecule has 23 heavy (non-hydrogen) atoms. The van der Waals surface area contributed by atoms with Crippen molar-refractivity contribution < 1.29 is 4.74 Å². The highest BCUT2D eigenvalue weighted by Crippen LogP contribution is 2.33. The summed E-state index contributed by atoms with van der Waals surface area (Å²) >= 11 is 0. The molecule has 0 amide bonds. The summed E-state index contributed by atoms with van der Waals surface area (Å²) in [5.74, 6) is 0.916. The van der Waals surface area contributed by atoms with Crippen molar-refractivity contribution in [2.75, 3.05) is 13.7 Å². The molecule has 4 rings (SSSR count). The molecule has 0 bridgehead atoms. The molecule has 2 aliphatic rings. The van der Waals surface area contributed by atoms with Crippen molar-refractivity contribution in [1.82, 2.24) is 29.9 Å². The summed E-state index contributed by atoms with van der Waals surface area (Å²) < 4.78 is 7.73. The Bertz CT molecular complexity index is 618. The first kappa shape index (κ1) is 14.8. The van der Waals surface area contributed by atoms with E-state index in [0.29, 0.717) is 6.04 Å². The predicted octanol–water partition coefficient (Wildman–Crippen LogP) is 2.08. The molecule has 1 N–H and O–H groups in total. The summed E-state index contributed by atoms with van der Waals surface area (Å²) in [6.07, 6.45) is 10.1. The van der Waals surface area contributed by atoms with Crippen LogP contribution in [0, 0.1) is 0 Å². The fourth-order valence-electron chi connectivity index (χ4n) is 3.91. The number of likely N-dealkylation sites (tertiary alicyclic amines) is 1. The number of hydrogen-bond donors (Lipinski definition) is 1. The van der Waals surface area contributed by atoms with E-state index in [4.69, 9.17) is 9.84 Å². The molecule has 0 radical (unpaired) electrons. The maximum absolute atomic E-state index is 5.56. The highest BCUT2D eigenvalue weighted by Gasteiger charge is 2.35. The maximum atomic E-state index is 5.56. The van der Waals surface area contributed by atoms with Gasteiger partial charge in [-0.25, -0.2) is 4.98 Å². The Kier molecular flexibility index (Phi) is 4.13. The highest BCUT2D eigenvalue weighted by atomic mass is 16.5. The molecule has 3 heterocycles. The molecule has 7 heteroatoms. The van der Waals surface area contributed by atoms with Gasteiger partial charge in [0.2, 0.25) is 0 Å². The van der Waals surface area contributed by atoms with Crippen molar-refractivity contribution in [2.45, 2.75) is 56.8 Å². The van der Waals surface area contributed by atoms with E-state index in [1.54, 1.807) is 13.4 Å². The number of ether oxygens (including phenoxy) is 1. The first-order valence-electron chi connectivity index (χ1n) is 8.49. The van der Waals surface area contributed by atoms with E-state index in [9.17, 15) is 0 Å². The lowest BCUT2D eigenvalue weighted by Gasteiger charge is -2.21. The van der Waals surface area contributed by atoms with Crippen LogP contribution in [0.2, 0.25) is 0 Å². The van der Waals surface area contributed by atoms with Gasteiger partial charge in [0.15, 0.2) is 0 Å². The van der Waals surface area contributed by atoms with E-state index in [-0.39, 0.29) is 12.1 Å². The number of nitrogens with one attached hydrogen (secondary N) is 1. The first-order valence-corrected chi connectivity index (χ1v) is 8.49. The topological polar surface area (TPSA) is 71.9 Å². The average molecular weight is 316 g/mol. The minimum Gasteiger partial charge on any atom is -0.380 e. The number of aromatic nitrogens is 5. The number of nitrogens with zero attached hydrogens (tertiary/aromatic N) is 5.